The largest absolute Gasteiger partial charge is 0.393 e. The van der Waals surface area contributed by atoms with E-state index in [-0.39, 0.29) is 12.0 Å². The molecule has 4 rings (SSSR count). The Hall–Kier alpha value is -2.86. The van der Waals surface area contributed by atoms with Gasteiger partial charge in [0.2, 0.25) is 0 Å². The van der Waals surface area contributed by atoms with Gasteiger partial charge in [0.15, 0.2) is 0 Å². The summed E-state index contributed by atoms with van der Waals surface area (Å²) < 4.78 is 0. The Bertz CT molecular complexity index is 880. The van der Waals surface area contributed by atoms with Gasteiger partial charge in [-0.2, -0.15) is 5.10 Å². The third kappa shape index (κ3) is 3.34. The van der Waals surface area contributed by atoms with Crippen LogP contribution in [0.3, 0.4) is 0 Å². The second kappa shape index (κ2) is 6.57. The van der Waals surface area contributed by atoms with Gasteiger partial charge >= 0.3 is 0 Å². The van der Waals surface area contributed by atoms with Crippen molar-refractivity contribution in [3.63, 3.8) is 0 Å². The summed E-state index contributed by atoms with van der Waals surface area (Å²) in [5, 5.41) is 20.3. The predicted molar refractivity (Wildman–Crippen MR) is 97.9 cm³/mol. The first kappa shape index (κ1) is 15.7. The number of nitrogens with one attached hydrogen (secondary N) is 2. The highest BCUT2D eigenvalue weighted by atomic mass is 16.3. The van der Waals surface area contributed by atoms with Crippen LogP contribution >= 0.6 is 0 Å². The van der Waals surface area contributed by atoms with E-state index in [0.29, 0.717) is 5.56 Å². The lowest BCUT2D eigenvalue weighted by molar-refractivity contribution is 0.102. The standard InChI is InChI=1S/C19H20N4O2/c24-17-7-9-23(10-8-17)16-4-1-13(2-5-16)19(25)21-15-3-6-18-14(11-15)12-20-22-18/h1-6,11-12,17,24H,7-10H2,(H,20,22)(H,21,25). The summed E-state index contributed by atoms with van der Waals surface area (Å²) in [5.74, 6) is -0.136. The Balaban J connectivity index is 1.44. The molecular formula is C19H20N4O2. The molecule has 0 bridgehead atoms. The topological polar surface area (TPSA) is 81.2 Å². The molecule has 1 aliphatic rings. The highest BCUT2D eigenvalue weighted by molar-refractivity contribution is 6.05. The molecule has 6 heteroatoms. The molecule has 1 fully saturated rings. The molecule has 1 saturated heterocycles. The minimum Gasteiger partial charge on any atom is -0.393 e. The average molecular weight is 336 g/mol. The predicted octanol–water partition coefficient (Wildman–Crippen LogP) is 2.78. The summed E-state index contributed by atoms with van der Waals surface area (Å²) in [4.78, 5) is 14.7. The van der Waals surface area contributed by atoms with Crippen LogP contribution in [0.25, 0.3) is 10.9 Å². The van der Waals surface area contributed by atoms with Crippen molar-refractivity contribution >= 4 is 28.2 Å². The molecule has 0 unspecified atom stereocenters. The summed E-state index contributed by atoms with van der Waals surface area (Å²) >= 11 is 0. The summed E-state index contributed by atoms with van der Waals surface area (Å²) in [6, 6.07) is 13.2. The maximum Gasteiger partial charge on any atom is 0.255 e. The van der Waals surface area contributed by atoms with Crippen LogP contribution in [0, 0.1) is 0 Å². The second-order valence-electron chi connectivity index (χ2n) is 6.39. The van der Waals surface area contributed by atoms with Gasteiger partial charge in [-0.05, 0) is 55.3 Å². The van der Waals surface area contributed by atoms with Crippen LogP contribution in [0.5, 0.6) is 0 Å². The number of amides is 1. The van der Waals surface area contributed by atoms with Gasteiger partial charge in [0, 0.05) is 35.4 Å². The Morgan fingerprint density at radius 1 is 1.16 bits per heavy atom. The van der Waals surface area contributed by atoms with E-state index >= 15 is 0 Å². The monoisotopic (exact) mass is 336 g/mol. The van der Waals surface area contributed by atoms with Crippen LogP contribution in [-0.4, -0.2) is 40.4 Å². The van der Waals surface area contributed by atoms with E-state index in [2.05, 4.69) is 20.4 Å². The number of rotatable bonds is 3. The number of aromatic amines is 1. The molecule has 3 N–H and O–H groups in total. The van der Waals surface area contributed by atoms with E-state index in [9.17, 15) is 9.90 Å². The summed E-state index contributed by atoms with van der Waals surface area (Å²) in [6.45, 7) is 1.69. The molecule has 0 spiro atoms. The number of hydrogen-bond donors (Lipinski definition) is 3. The van der Waals surface area contributed by atoms with Crippen molar-refractivity contribution in [1.29, 1.82) is 0 Å². The zero-order valence-electron chi connectivity index (χ0n) is 13.8. The molecule has 6 nitrogen and oxygen atoms in total. The molecule has 0 radical (unpaired) electrons. The lowest BCUT2D eigenvalue weighted by atomic mass is 10.1. The van der Waals surface area contributed by atoms with Gasteiger partial charge in [-0.25, -0.2) is 0 Å². The SMILES string of the molecule is O=C(Nc1ccc2[nH]ncc2c1)c1ccc(N2CCC(O)CC2)cc1. The molecule has 3 aromatic rings. The van der Waals surface area contributed by atoms with Crippen LogP contribution in [0.15, 0.2) is 48.7 Å². The van der Waals surface area contributed by atoms with E-state index in [1.54, 1.807) is 6.20 Å². The number of aromatic nitrogens is 2. The van der Waals surface area contributed by atoms with Crippen molar-refractivity contribution in [3.8, 4) is 0 Å². The molecule has 128 valence electrons. The van der Waals surface area contributed by atoms with Gasteiger partial charge in [-0.15, -0.1) is 0 Å². The first-order valence-electron chi connectivity index (χ1n) is 8.46. The highest BCUT2D eigenvalue weighted by Gasteiger charge is 2.17. The smallest absolute Gasteiger partial charge is 0.255 e. The molecule has 2 heterocycles. The third-order valence-electron chi connectivity index (χ3n) is 4.66. The number of anilines is 2. The van der Waals surface area contributed by atoms with Crippen LogP contribution in [0.4, 0.5) is 11.4 Å². The van der Waals surface area contributed by atoms with Crippen molar-refractivity contribution < 1.29 is 9.90 Å². The molecule has 0 atom stereocenters. The van der Waals surface area contributed by atoms with Crippen molar-refractivity contribution in [2.75, 3.05) is 23.3 Å². The Morgan fingerprint density at radius 3 is 2.68 bits per heavy atom. The van der Waals surface area contributed by atoms with Crippen LogP contribution in [0.2, 0.25) is 0 Å². The number of aliphatic hydroxyl groups excluding tert-OH is 1. The lowest BCUT2D eigenvalue weighted by Crippen LogP contribution is -2.35. The number of piperidine rings is 1. The molecule has 0 saturated carbocycles. The number of hydrogen-bond acceptors (Lipinski definition) is 4. The zero-order chi connectivity index (χ0) is 17.2. The van der Waals surface area contributed by atoms with Crippen molar-refractivity contribution in [2.24, 2.45) is 0 Å². The summed E-state index contributed by atoms with van der Waals surface area (Å²) in [7, 11) is 0. The quantitative estimate of drug-likeness (QED) is 0.687. The maximum absolute atomic E-state index is 12.4. The zero-order valence-corrected chi connectivity index (χ0v) is 13.8. The van der Waals surface area contributed by atoms with Crippen LogP contribution in [0.1, 0.15) is 23.2 Å². The van der Waals surface area contributed by atoms with Crippen LogP contribution < -0.4 is 10.2 Å². The van der Waals surface area contributed by atoms with E-state index < -0.39 is 0 Å². The minimum absolute atomic E-state index is 0.136. The molecule has 2 aromatic carbocycles. The van der Waals surface area contributed by atoms with E-state index in [4.69, 9.17) is 0 Å². The normalized spacial score (nSPS) is 15.5. The number of H-pyrrole nitrogens is 1. The number of fused-ring (bicyclic) bond motifs is 1. The fraction of sp³-hybridized carbons (Fsp3) is 0.263. The van der Waals surface area contributed by atoms with Crippen molar-refractivity contribution in [2.45, 2.75) is 18.9 Å². The lowest BCUT2D eigenvalue weighted by Gasteiger charge is -2.31. The Morgan fingerprint density at radius 2 is 1.92 bits per heavy atom. The average Bonchev–Trinajstić information content (AvgIpc) is 3.10. The fourth-order valence-corrected chi connectivity index (χ4v) is 3.17. The van der Waals surface area contributed by atoms with Gasteiger partial charge in [0.25, 0.3) is 5.91 Å². The Labute approximate surface area is 145 Å². The van der Waals surface area contributed by atoms with Gasteiger partial charge in [-0.1, -0.05) is 0 Å². The number of aliphatic hydroxyl groups is 1. The first-order chi connectivity index (χ1) is 12.2. The van der Waals surface area contributed by atoms with Crippen LogP contribution in [-0.2, 0) is 0 Å². The van der Waals surface area contributed by atoms with Gasteiger partial charge < -0.3 is 15.3 Å². The molecule has 1 amide bonds. The summed E-state index contributed by atoms with van der Waals surface area (Å²) in [5.41, 5.74) is 3.39. The Kier molecular flexibility index (Phi) is 4.11. The number of carbonyl (C=O) groups is 1. The molecule has 25 heavy (non-hydrogen) atoms. The van der Waals surface area contributed by atoms with Gasteiger partial charge in [0.05, 0.1) is 17.8 Å². The molecule has 1 aliphatic heterocycles. The van der Waals surface area contributed by atoms with Gasteiger partial charge in [-0.3, -0.25) is 9.89 Å². The molecular weight excluding hydrogens is 316 g/mol. The third-order valence-corrected chi connectivity index (χ3v) is 4.66. The highest BCUT2D eigenvalue weighted by Crippen LogP contribution is 2.22. The van der Waals surface area contributed by atoms with Crippen molar-refractivity contribution in [3.05, 3.63) is 54.2 Å². The number of nitrogens with zero attached hydrogens (tertiary/aromatic N) is 2. The maximum atomic E-state index is 12.4. The second-order valence-corrected chi connectivity index (χ2v) is 6.39. The van der Waals surface area contributed by atoms with E-state index in [1.807, 2.05) is 42.5 Å². The number of benzene rings is 2. The first-order valence-corrected chi connectivity index (χ1v) is 8.46. The van der Waals surface area contributed by atoms with E-state index in [0.717, 1.165) is 48.2 Å². The van der Waals surface area contributed by atoms with Gasteiger partial charge in [0.1, 0.15) is 0 Å². The number of carbonyl (C=O) groups excluding carboxylic acids is 1. The van der Waals surface area contributed by atoms with E-state index in [1.165, 1.54) is 0 Å². The summed E-state index contributed by atoms with van der Waals surface area (Å²) in [6.07, 6.45) is 3.13. The van der Waals surface area contributed by atoms with Crippen molar-refractivity contribution in [1.82, 2.24) is 10.2 Å². The molecule has 1 aromatic heterocycles. The fourth-order valence-electron chi connectivity index (χ4n) is 3.17. The minimum atomic E-state index is -0.186. The molecule has 0 aliphatic carbocycles.